The zero-order valence-corrected chi connectivity index (χ0v) is 12.0. The Hall–Kier alpha value is -1.63. The van der Waals surface area contributed by atoms with Crippen molar-refractivity contribution in [2.75, 3.05) is 0 Å². The second kappa shape index (κ2) is 5.78. The Balaban J connectivity index is 1.91. The topological polar surface area (TPSA) is 0 Å². The molecule has 0 nitrogen and oxygen atoms in total. The van der Waals surface area contributed by atoms with Gasteiger partial charge in [-0.15, -0.1) is 0 Å². The fourth-order valence-electron chi connectivity index (χ4n) is 2.81. The molecular formula is C19H21F. The molecule has 0 aromatic heterocycles. The van der Waals surface area contributed by atoms with Gasteiger partial charge in [-0.3, -0.25) is 0 Å². The summed E-state index contributed by atoms with van der Waals surface area (Å²) in [5.74, 6) is 0.394. The number of rotatable bonds is 5. The first-order valence-corrected chi connectivity index (χ1v) is 7.67. The molecule has 0 aliphatic heterocycles. The van der Waals surface area contributed by atoms with E-state index in [4.69, 9.17) is 0 Å². The number of benzene rings is 2. The van der Waals surface area contributed by atoms with E-state index in [0.717, 1.165) is 36.0 Å². The maximum Gasteiger partial charge on any atom is 0.127 e. The molecule has 0 spiro atoms. The van der Waals surface area contributed by atoms with Crippen molar-refractivity contribution in [3.05, 3.63) is 59.4 Å². The van der Waals surface area contributed by atoms with Gasteiger partial charge in [0.2, 0.25) is 0 Å². The minimum absolute atomic E-state index is 0.0416. The third-order valence-corrected chi connectivity index (χ3v) is 4.12. The molecule has 1 heteroatoms. The molecule has 0 heterocycles. The first kappa shape index (κ1) is 13.4. The Bertz CT molecular complexity index is 579. The van der Waals surface area contributed by atoms with E-state index in [1.54, 1.807) is 6.07 Å². The minimum Gasteiger partial charge on any atom is -0.207 e. The van der Waals surface area contributed by atoms with Gasteiger partial charge in [0.15, 0.2) is 0 Å². The number of unbranched alkanes of at least 4 members (excludes halogenated alkanes) is 1. The van der Waals surface area contributed by atoms with E-state index >= 15 is 0 Å². The van der Waals surface area contributed by atoms with Crippen molar-refractivity contribution in [2.45, 2.75) is 44.9 Å². The van der Waals surface area contributed by atoms with Gasteiger partial charge in [-0.2, -0.15) is 0 Å². The highest BCUT2D eigenvalue weighted by Crippen LogP contribution is 2.45. The lowest BCUT2D eigenvalue weighted by molar-refractivity contribution is 0.611. The molecule has 0 bridgehead atoms. The van der Waals surface area contributed by atoms with Crippen LogP contribution in [0, 0.1) is 5.82 Å². The summed E-state index contributed by atoms with van der Waals surface area (Å²) in [5, 5.41) is 0. The predicted octanol–water partition coefficient (Wildman–Crippen LogP) is 5.71. The van der Waals surface area contributed by atoms with E-state index in [9.17, 15) is 4.39 Å². The molecule has 0 saturated heterocycles. The first-order chi connectivity index (χ1) is 9.79. The quantitative estimate of drug-likeness (QED) is 0.651. The largest absolute Gasteiger partial charge is 0.207 e. The second-order valence-corrected chi connectivity index (χ2v) is 5.78. The van der Waals surface area contributed by atoms with E-state index in [1.165, 1.54) is 18.4 Å². The van der Waals surface area contributed by atoms with Crippen LogP contribution in [-0.2, 0) is 6.42 Å². The summed E-state index contributed by atoms with van der Waals surface area (Å²) in [6, 6.07) is 14.1. The average molecular weight is 268 g/mol. The van der Waals surface area contributed by atoms with Crippen LogP contribution in [0.15, 0.2) is 42.5 Å². The van der Waals surface area contributed by atoms with Crippen molar-refractivity contribution in [3.8, 4) is 11.1 Å². The first-order valence-electron chi connectivity index (χ1n) is 7.67. The van der Waals surface area contributed by atoms with Gasteiger partial charge in [0.25, 0.3) is 0 Å². The van der Waals surface area contributed by atoms with Crippen molar-refractivity contribution in [1.82, 2.24) is 0 Å². The fraction of sp³-hybridized carbons (Fsp3) is 0.368. The van der Waals surface area contributed by atoms with Crippen LogP contribution in [0.2, 0.25) is 0 Å². The number of halogens is 1. The van der Waals surface area contributed by atoms with Crippen LogP contribution < -0.4 is 0 Å². The van der Waals surface area contributed by atoms with Crippen LogP contribution in [0.4, 0.5) is 4.39 Å². The highest BCUT2D eigenvalue weighted by atomic mass is 19.1. The van der Waals surface area contributed by atoms with Gasteiger partial charge in [-0.1, -0.05) is 49.7 Å². The molecule has 1 aliphatic carbocycles. The molecule has 1 aliphatic rings. The van der Waals surface area contributed by atoms with Gasteiger partial charge in [-0.05, 0) is 59.9 Å². The monoisotopic (exact) mass is 268 g/mol. The summed E-state index contributed by atoms with van der Waals surface area (Å²) in [4.78, 5) is 0. The highest BCUT2D eigenvalue weighted by molar-refractivity contribution is 5.69. The van der Waals surface area contributed by atoms with E-state index in [0.29, 0.717) is 5.92 Å². The van der Waals surface area contributed by atoms with Crippen LogP contribution in [-0.4, -0.2) is 0 Å². The normalized spacial score (nSPS) is 14.5. The smallest absolute Gasteiger partial charge is 0.127 e. The Morgan fingerprint density at radius 3 is 2.45 bits per heavy atom. The Labute approximate surface area is 120 Å². The second-order valence-electron chi connectivity index (χ2n) is 5.78. The molecule has 0 N–H and O–H groups in total. The maximum absolute atomic E-state index is 14.1. The van der Waals surface area contributed by atoms with E-state index in [1.807, 2.05) is 6.07 Å². The molecule has 104 valence electrons. The Morgan fingerprint density at radius 1 is 1.05 bits per heavy atom. The number of hydrogen-bond donors (Lipinski definition) is 0. The van der Waals surface area contributed by atoms with Crippen LogP contribution in [0.25, 0.3) is 11.1 Å². The maximum atomic E-state index is 14.1. The SMILES string of the molecule is CCCCc1ccc(-c2cccc(F)c2C2CC2)cc1. The molecule has 2 aromatic rings. The lowest BCUT2D eigenvalue weighted by Crippen LogP contribution is -1.93. The molecule has 0 unspecified atom stereocenters. The van der Waals surface area contributed by atoms with Gasteiger partial charge < -0.3 is 0 Å². The molecule has 0 amide bonds. The molecular weight excluding hydrogens is 247 g/mol. The Kier molecular flexibility index (Phi) is 3.86. The molecule has 1 saturated carbocycles. The van der Waals surface area contributed by atoms with Gasteiger partial charge in [-0.25, -0.2) is 4.39 Å². The molecule has 20 heavy (non-hydrogen) atoms. The van der Waals surface area contributed by atoms with Crippen molar-refractivity contribution >= 4 is 0 Å². The van der Waals surface area contributed by atoms with Gasteiger partial charge in [0, 0.05) is 0 Å². The number of aryl methyl sites for hydroxylation is 1. The highest BCUT2D eigenvalue weighted by Gasteiger charge is 2.29. The van der Waals surface area contributed by atoms with Crippen molar-refractivity contribution in [3.63, 3.8) is 0 Å². The van der Waals surface area contributed by atoms with Crippen molar-refractivity contribution in [2.24, 2.45) is 0 Å². The Morgan fingerprint density at radius 2 is 1.80 bits per heavy atom. The molecule has 1 fully saturated rings. The van der Waals surface area contributed by atoms with E-state index < -0.39 is 0 Å². The predicted molar refractivity (Wildman–Crippen MR) is 82.4 cm³/mol. The summed E-state index contributed by atoms with van der Waals surface area (Å²) in [7, 11) is 0. The summed E-state index contributed by atoms with van der Waals surface area (Å²) in [5.41, 5.74) is 4.52. The molecule has 0 atom stereocenters. The van der Waals surface area contributed by atoms with Gasteiger partial charge in [0.05, 0.1) is 0 Å². The zero-order chi connectivity index (χ0) is 13.9. The lowest BCUT2D eigenvalue weighted by Gasteiger charge is -2.11. The summed E-state index contributed by atoms with van der Waals surface area (Å²) in [6.45, 7) is 2.21. The van der Waals surface area contributed by atoms with Gasteiger partial charge >= 0.3 is 0 Å². The van der Waals surface area contributed by atoms with Crippen LogP contribution >= 0.6 is 0 Å². The number of hydrogen-bond acceptors (Lipinski definition) is 0. The fourth-order valence-corrected chi connectivity index (χ4v) is 2.81. The van der Waals surface area contributed by atoms with Crippen molar-refractivity contribution < 1.29 is 4.39 Å². The minimum atomic E-state index is -0.0416. The van der Waals surface area contributed by atoms with Gasteiger partial charge in [0.1, 0.15) is 5.82 Å². The standard InChI is InChI=1S/C19H21F/c1-2-3-5-14-8-10-15(11-9-14)17-6-4-7-18(20)19(17)16-12-13-16/h4,6-11,16H,2-3,5,12-13H2,1H3. The third kappa shape index (κ3) is 2.77. The lowest BCUT2D eigenvalue weighted by atomic mass is 9.95. The van der Waals surface area contributed by atoms with E-state index in [-0.39, 0.29) is 5.82 Å². The summed E-state index contributed by atoms with van der Waals surface area (Å²) < 4.78 is 14.1. The van der Waals surface area contributed by atoms with Crippen LogP contribution in [0.5, 0.6) is 0 Å². The summed E-state index contributed by atoms with van der Waals surface area (Å²) in [6.07, 6.45) is 5.84. The van der Waals surface area contributed by atoms with Crippen LogP contribution in [0.3, 0.4) is 0 Å². The molecule has 2 aromatic carbocycles. The van der Waals surface area contributed by atoms with Crippen LogP contribution in [0.1, 0.15) is 49.7 Å². The zero-order valence-electron chi connectivity index (χ0n) is 12.0. The van der Waals surface area contributed by atoms with Crippen molar-refractivity contribution in [1.29, 1.82) is 0 Å². The molecule has 3 rings (SSSR count). The van der Waals surface area contributed by atoms with E-state index in [2.05, 4.69) is 37.3 Å². The summed E-state index contributed by atoms with van der Waals surface area (Å²) >= 11 is 0. The molecule has 0 radical (unpaired) electrons. The average Bonchev–Trinajstić information content (AvgIpc) is 3.30. The third-order valence-electron chi connectivity index (χ3n) is 4.12.